The summed E-state index contributed by atoms with van der Waals surface area (Å²) in [5.74, 6) is 0.298. The highest BCUT2D eigenvalue weighted by molar-refractivity contribution is 7.99. The number of carbonyl (C=O) groups is 2. The average Bonchev–Trinajstić information content (AvgIpc) is 3.25. The second kappa shape index (κ2) is 9.08. The molecule has 0 saturated heterocycles. The molecular weight excluding hydrogens is 360 g/mol. The number of aromatic nitrogens is 2. The molecule has 144 valence electrons. The van der Waals surface area contributed by atoms with Crippen LogP contribution in [0.15, 0.2) is 35.7 Å². The Balaban J connectivity index is 1.48. The monoisotopic (exact) mass is 386 g/mol. The van der Waals surface area contributed by atoms with E-state index >= 15 is 0 Å². The first-order valence-corrected chi connectivity index (χ1v) is 10.3. The summed E-state index contributed by atoms with van der Waals surface area (Å²) >= 11 is 1.51. The molecule has 7 heteroatoms. The third-order valence-electron chi connectivity index (χ3n) is 4.60. The summed E-state index contributed by atoms with van der Waals surface area (Å²) in [6.45, 7) is 4.14. The van der Waals surface area contributed by atoms with E-state index in [1.165, 1.54) is 22.9 Å². The van der Waals surface area contributed by atoms with Crippen LogP contribution in [0.1, 0.15) is 43.2 Å². The predicted molar refractivity (Wildman–Crippen MR) is 107 cm³/mol. The summed E-state index contributed by atoms with van der Waals surface area (Å²) in [5, 5.41) is 6.12. The molecule has 2 N–H and O–H groups in total. The molecule has 2 aromatic rings. The van der Waals surface area contributed by atoms with Crippen molar-refractivity contribution in [3.05, 3.63) is 41.7 Å². The normalized spacial score (nSPS) is 14.3. The fraction of sp³-hybridized carbons (Fsp3) is 0.450. The highest BCUT2D eigenvalue weighted by Gasteiger charge is 2.18. The summed E-state index contributed by atoms with van der Waals surface area (Å²) < 4.78 is 2.02. The summed E-state index contributed by atoms with van der Waals surface area (Å²) in [6.07, 6.45) is 8.23. The van der Waals surface area contributed by atoms with Crippen LogP contribution in [0, 0.1) is 13.8 Å². The van der Waals surface area contributed by atoms with Crippen LogP contribution in [0.4, 0.5) is 4.79 Å². The number of imidazole rings is 1. The van der Waals surface area contributed by atoms with Gasteiger partial charge in [0.05, 0.1) is 0 Å². The van der Waals surface area contributed by atoms with Crippen LogP contribution < -0.4 is 10.6 Å². The van der Waals surface area contributed by atoms with Gasteiger partial charge in [-0.3, -0.25) is 14.7 Å². The van der Waals surface area contributed by atoms with Gasteiger partial charge < -0.3 is 5.32 Å². The number of rotatable bonds is 6. The number of aryl methyl sites for hydroxylation is 2. The molecule has 0 bridgehead atoms. The van der Waals surface area contributed by atoms with Gasteiger partial charge in [0.25, 0.3) is 0 Å². The van der Waals surface area contributed by atoms with Crippen molar-refractivity contribution in [2.75, 3.05) is 5.75 Å². The highest BCUT2D eigenvalue weighted by atomic mass is 32.2. The van der Waals surface area contributed by atoms with Crippen LogP contribution >= 0.6 is 11.8 Å². The maximum atomic E-state index is 12.0. The Hall–Kier alpha value is -2.28. The Morgan fingerprint density at radius 2 is 1.89 bits per heavy atom. The topological polar surface area (TPSA) is 76.0 Å². The number of hydrogen-bond donors (Lipinski definition) is 2. The minimum absolute atomic E-state index is 0.206. The summed E-state index contributed by atoms with van der Waals surface area (Å²) in [6, 6.07) is 6.18. The number of carbonyl (C=O) groups excluding carboxylic acids is 2. The van der Waals surface area contributed by atoms with E-state index in [1.807, 2.05) is 10.8 Å². The van der Waals surface area contributed by atoms with Gasteiger partial charge in [0, 0.05) is 36.3 Å². The zero-order valence-electron chi connectivity index (χ0n) is 15.8. The number of thioether (sulfide) groups is 1. The van der Waals surface area contributed by atoms with Crippen molar-refractivity contribution in [2.24, 2.45) is 0 Å². The lowest BCUT2D eigenvalue weighted by Crippen LogP contribution is -2.43. The van der Waals surface area contributed by atoms with E-state index in [2.05, 4.69) is 47.7 Å². The fourth-order valence-corrected chi connectivity index (χ4v) is 4.31. The lowest BCUT2D eigenvalue weighted by Gasteiger charge is -2.12. The zero-order valence-corrected chi connectivity index (χ0v) is 16.6. The molecule has 1 saturated carbocycles. The molecule has 1 aliphatic rings. The van der Waals surface area contributed by atoms with Crippen molar-refractivity contribution in [1.29, 1.82) is 0 Å². The van der Waals surface area contributed by atoms with Crippen LogP contribution in [-0.4, -0.2) is 33.3 Å². The van der Waals surface area contributed by atoms with Gasteiger partial charge in [-0.05, 0) is 49.9 Å². The lowest BCUT2D eigenvalue weighted by molar-refractivity contribution is -0.119. The Bertz CT molecular complexity index is 792. The highest BCUT2D eigenvalue weighted by Crippen LogP contribution is 2.22. The molecule has 3 amide bonds. The third kappa shape index (κ3) is 5.60. The molecule has 1 aromatic carbocycles. The number of nitrogens with one attached hydrogen (secondary N) is 2. The van der Waals surface area contributed by atoms with Gasteiger partial charge >= 0.3 is 6.03 Å². The molecule has 0 radical (unpaired) electrons. The van der Waals surface area contributed by atoms with E-state index in [4.69, 9.17) is 0 Å². The van der Waals surface area contributed by atoms with Crippen molar-refractivity contribution < 1.29 is 9.59 Å². The van der Waals surface area contributed by atoms with E-state index in [9.17, 15) is 9.59 Å². The van der Waals surface area contributed by atoms with Crippen molar-refractivity contribution in [1.82, 2.24) is 20.2 Å². The summed E-state index contributed by atoms with van der Waals surface area (Å²) in [7, 11) is 0. The number of hydrogen-bond acceptors (Lipinski definition) is 4. The maximum absolute atomic E-state index is 12.0. The smallest absolute Gasteiger partial charge is 0.321 e. The van der Waals surface area contributed by atoms with Crippen molar-refractivity contribution in [3.63, 3.8) is 0 Å². The first-order valence-electron chi connectivity index (χ1n) is 9.36. The summed E-state index contributed by atoms with van der Waals surface area (Å²) in [4.78, 5) is 28.2. The van der Waals surface area contributed by atoms with Crippen LogP contribution in [0.5, 0.6) is 0 Å². The van der Waals surface area contributed by atoms with Crippen LogP contribution in [-0.2, 0) is 4.79 Å². The predicted octanol–water partition coefficient (Wildman–Crippen LogP) is 3.74. The maximum Gasteiger partial charge on any atom is 0.321 e. The number of nitrogens with zero attached hydrogens (tertiary/aromatic N) is 2. The molecule has 0 unspecified atom stereocenters. The quantitative estimate of drug-likeness (QED) is 0.742. The van der Waals surface area contributed by atoms with Crippen LogP contribution in [0.25, 0.3) is 5.69 Å². The second-order valence-electron chi connectivity index (χ2n) is 7.03. The van der Waals surface area contributed by atoms with Crippen LogP contribution in [0.2, 0.25) is 0 Å². The Morgan fingerprint density at radius 3 is 2.59 bits per heavy atom. The van der Waals surface area contributed by atoms with Crippen molar-refractivity contribution in [2.45, 2.75) is 57.1 Å². The van der Waals surface area contributed by atoms with Gasteiger partial charge in [-0.15, -0.1) is 0 Å². The number of amides is 3. The van der Waals surface area contributed by atoms with E-state index in [0.29, 0.717) is 5.75 Å². The van der Waals surface area contributed by atoms with Gasteiger partial charge in [0.1, 0.15) is 0 Å². The standard InChI is InChI=1S/C20H26N4O2S/c1-14-11-15(2)13-17(12-14)24-9-8-21-20(24)27-10-7-18(25)23-19(26)22-16-5-3-4-6-16/h8-9,11-13,16H,3-7,10H2,1-2H3,(H2,22,23,25,26). The Morgan fingerprint density at radius 1 is 1.19 bits per heavy atom. The molecule has 3 rings (SSSR count). The molecular formula is C20H26N4O2S. The average molecular weight is 387 g/mol. The minimum atomic E-state index is -0.381. The van der Waals surface area contributed by atoms with E-state index in [1.54, 1.807) is 6.20 Å². The second-order valence-corrected chi connectivity index (χ2v) is 8.09. The van der Waals surface area contributed by atoms with E-state index in [-0.39, 0.29) is 24.4 Å². The molecule has 1 fully saturated rings. The Labute approximate surface area is 164 Å². The molecule has 0 aliphatic heterocycles. The first kappa shape index (κ1) is 19.5. The lowest BCUT2D eigenvalue weighted by atomic mass is 10.1. The molecule has 27 heavy (non-hydrogen) atoms. The van der Waals surface area contributed by atoms with Gasteiger partial charge in [0.2, 0.25) is 5.91 Å². The first-order chi connectivity index (χ1) is 13.0. The van der Waals surface area contributed by atoms with Crippen molar-refractivity contribution >= 4 is 23.7 Å². The van der Waals surface area contributed by atoms with E-state index in [0.717, 1.165) is 36.5 Å². The summed E-state index contributed by atoms with van der Waals surface area (Å²) in [5.41, 5.74) is 3.46. The molecule has 0 spiro atoms. The van der Waals surface area contributed by atoms with Gasteiger partial charge in [-0.25, -0.2) is 9.78 Å². The van der Waals surface area contributed by atoms with Crippen molar-refractivity contribution in [3.8, 4) is 5.69 Å². The fourth-order valence-electron chi connectivity index (χ4n) is 3.40. The van der Waals surface area contributed by atoms with E-state index < -0.39 is 0 Å². The van der Waals surface area contributed by atoms with Gasteiger partial charge in [-0.1, -0.05) is 30.7 Å². The zero-order chi connectivity index (χ0) is 19.2. The molecule has 0 atom stereocenters. The molecule has 1 aliphatic carbocycles. The number of imide groups is 1. The largest absolute Gasteiger partial charge is 0.335 e. The molecule has 1 heterocycles. The van der Waals surface area contributed by atoms with Gasteiger partial charge in [-0.2, -0.15) is 0 Å². The van der Waals surface area contributed by atoms with Crippen LogP contribution in [0.3, 0.4) is 0 Å². The SMILES string of the molecule is Cc1cc(C)cc(-n2ccnc2SCCC(=O)NC(=O)NC2CCCC2)c1. The van der Waals surface area contributed by atoms with Gasteiger partial charge in [0.15, 0.2) is 5.16 Å². The molecule has 6 nitrogen and oxygen atoms in total. The third-order valence-corrected chi connectivity index (χ3v) is 5.56. The minimum Gasteiger partial charge on any atom is -0.335 e. The number of urea groups is 1. The Kier molecular flexibility index (Phi) is 6.55. The molecule has 1 aromatic heterocycles. The number of benzene rings is 1.